The number of nitrogens with one attached hydrogen (secondary N) is 1. The highest BCUT2D eigenvalue weighted by Gasteiger charge is 2.70. The maximum atomic E-state index is 13.1. The molecule has 8 nitrogen and oxygen atoms in total. The van der Waals surface area contributed by atoms with Crippen molar-refractivity contribution in [2.45, 2.75) is 42.0 Å². The van der Waals surface area contributed by atoms with Gasteiger partial charge in [-0.2, -0.15) is 9.82 Å². The van der Waals surface area contributed by atoms with Gasteiger partial charge < -0.3 is 10.2 Å². The lowest BCUT2D eigenvalue weighted by Crippen LogP contribution is -2.45. The zero-order valence-corrected chi connectivity index (χ0v) is 18.8. The molecule has 1 unspecified atom stereocenters. The van der Waals surface area contributed by atoms with Crippen LogP contribution in [0.4, 0.5) is 0 Å². The fourth-order valence-corrected chi connectivity index (χ4v) is 6.59. The Morgan fingerprint density at radius 1 is 1.23 bits per heavy atom. The summed E-state index contributed by atoms with van der Waals surface area (Å²) in [6.45, 7) is 5.00. The smallest absolute Gasteiger partial charge is 0.325 e. The van der Waals surface area contributed by atoms with Gasteiger partial charge in [0, 0.05) is 17.7 Å². The van der Waals surface area contributed by atoms with Crippen LogP contribution in [-0.2, 0) is 20.4 Å². The topological polar surface area (TPSA) is 122 Å². The first-order valence-electron chi connectivity index (χ1n) is 9.67. The molecular formula is C21H23N3O5S2. The Balaban J connectivity index is 1.62. The minimum Gasteiger partial charge on any atom is -0.480 e. The molecule has 3 N–H and O–H groups in total. The second-order valence-electron chi connectivity index (χ2n) is 8.28. The molecule has 164 valence electrons. The number of thiophene rings is 1. The number of rotatable bonds is 7. The van der Waals surface area contributed by atoms with Crippen molar-refractivity contribution < 1.29 is 23.4 Å². The fourth-order valence-electron chi connectivity index (χ4n) is 3.91. The first kappa shape index (κ1) is 21.7. The lowest BCUT2D eigenvalue weighted by atomic mass is 10.0. The Labute approximate surface area is 184 Å². The Kier molecular flexibility index (Phi) is 5.08. The van der Waals surface area contributed by atoms with Crippen molar-refractivity contribution >= 4 is 27.3 Å². The molecule has 4 rings (SSSR count). The van der Waals surface area contributed by atoms with Crippen LogP contribution in [0.25, 0.3) is 5.00 Å². The molecular weight excluding hydrogens is 438 g/mol. The van der Waals surface area contributed by atoms with Crippen molar-refractivity contribution in [3.8, 4) is 5.00 Å². The summed E-state index contributed by atoms with van der Waals surface area (Å²) in [6, 6.07) is 12.1. The molecule has 2 heterocycles. The number of benzene rings is 1. The molecule has 2 aromatic heterocycles. The Bertz CT molecular complexity index is 1230. The summed E-state index contributed by atoms with van der Waals surface area (Å²) in [5.41, 5.74) is -1.30. The zero-order chi connectivity index (χ0) is 22.6. The van der Waals surface area contributed by atoms with Crippen molar-refractivity contribution in [1.82, 2.24) is 14.5 Å². The standard InChI is InChI=1S/C21H23N3O5S2/c1-13-18(14-7-5-4-6-8-14)21(13,19(25)26)23-31(28,29)17-10-9-16(30-17)24-12-15(11-22-24)20(2,3)27/h4-13,18,23,27H,1-3H3,(H,25,26)/t13?,18-,21+/m1/s1. The van der Waals surface area contributed by atoms with Gasteiger partial charge in [-0.3, -0.25) is 4.79 Å². The van der Waals surface area contributed by atoms with Crippen LogP contribution in [0.2, 0.25) is 0 Å². The molecule has 0 spiro atoms. The van der Waals surface area contributed by atoms with Crippen LogP contribution in [0.15, 0.2) is 59.1 Å². The van der Waals surface area contributed by atoms with E-state index in [9.17, 15) is 23.4 Å². The van der Waals surface area contributed by atoms with E-state index in [0.29, 0.717) is 10.6 Å². The molecule has 10 heteroatoms. The molecule has 1 aliphatic rings. The normalized spacial score (nSPS) is 23.6. The number of hydrogen-bond acceptors (Lipinski definition) is 6. The number of carboxylic acids is 1. The van der Waals surface area contributed by atoms with Crippen molar-refractivity contribution in [2.24, 2.45) is 5.92 Å². The van der Waals surface area contributed by atoms with E-state index in [1.165, 1.54) is 16.9 Å². The summed E-state index contributed by atoms with van der Waals surface area (Å²) >= 11 is 0.971. The predicted octanol–water partition coefficient (Wildman–Crippen LogP) is 2.70. The van der Waals surface area contributed by atoms with Gasteiger partial charge in [-0.15, -0.1) is 11.3 Å². The van der Waals surface area contributed by atoms with Crippen LogP contribution < -0.4 is 4.72 Å². The number of aliphatic hydroxyl groups is 1. The molecule has 1 aromatic carbocycles. The second kappa shape index (κ2) is 7.27. The van der Waals surface area contributed by atoms with E-state index < -0.39 is 39.0 Å². The molecule has 31 heavy (non-hydrogen) atoms. The Morgan fingerprint density at radius 3 is 2.48 bits per heavy atom. The molecule has 1 saturated carbocycles. The lowest BCUT2D eigenvalue weighted by molar-refractivity contribution is -0.140. The fraction of sp³-hybridized carbons (Fsp3) is 0.333. The SMILES string of the molecule is CC1[C@H](c2ccccc2)[C@]1(NS(=O)(=O)c1ccc(-n2cc(C(C)(C)O)cn2)s1)C(=O)O. The predicted molar refractivity (Wildman–Crippen MR) is 116 cm³/mol. The van der Waals surface area contributed by atoms with E-state index in [-0.39, 0.29) is 4.21 Å². The number of sulfonamides is 1. The van der Waals surface area contributed by atoms with E-state index in [2.05, 4.69) is 9.82 Å². The summed E-state index contributed by atoms with van der Waals surface area (Å²) in [5.74, 6) is -2.06. The van der Waals surface area contributed by atoms with Gasteiger partial charge in [0.05, 0.1) is 11.8 Å². The quantitative estimate of drug-likeness (QED) is 0.497. The third-order valence-corrected chi connectivity index (χ3v) is 8.81. The minimum absolute atomic E-state index is 0.00524. The van der Waals surface area contributed by atoms with Gasteiger partial charge >= 0.3 is 5.97 Å². The Hall–Kier alpha value is -2.53. The summed E-state index contributed by atoms with van der Waals surface area (Å²) < 4.78 is 30.1. The first-order chi connectivity index (χ1) is 14.5. The van der Waals surface area contributed by atoms with Gasteiger partial charge in [-0.05, 0) is 37.5 Å². The van der Waals surface area contributed by atoms with Gasteiger partial charge in [0.1, 0.15) is 14.7 Å². The highest BCUT2D eigenvalue weighted by molar-refractivity contribution is 7.91. The van der Waals surface area contributed by atoms with E-state index in [1.54, 1.807) is 57.3 Å². The molecule has 1 aliphatic carbocycles. The third-order valence-electron chi connectivity index (χ3n) is 5.76. The van der Waals surface area contributed by atoms with E-state index in [0.717, 1.165) is 16.9 Å². The molecule has 0 radical (unpaired) electrons. The number of carbonyl (C=O) groups is 1. The number of aromatic nitrogens is 2. The van der Waals surface area contributed by atoms with Crippen molar-refractivity contribution in [3.05, 3.63) is 66.0 Å². The van der Waals surface area contributed by atoms with E-state index in [1.807, 2.05) is 6.07 Å². The maximum absolute atomic E-state index is 13.1. The highest BCUT2D eigenvalue weighted by Crippen LogP contribution is 2.58. The summed E-state index contributed by atoms with van der Waals surface area (Å²) in [7, 11) is -4.09. The first-order valence-corrected chi connectivity index (χ1v) is 12.0. The molecule has 0 aliphatic heterocycles. The molecule has 0 amide bonds. The highest BCUT2D eigenvalue weighted by atomic mass is 32.2. The number of nitrogens with zero attached hydrogens (tertiary/aromatic N) is 2. The van der Waals surface area contributed by atoms with Crippen molar-refractivity contribution in [1.29, 1.82) is 0 Å². The lowest BCUT2D eigenvalue weighted by Gasteiger charge is -2.15. The van der Waals surface area contributed by atoms with E-state index >= 15 is 0 Å². The van der Waals surface area contributed by atoms with Crippen molar-refractivity contribution in [2.75, 3.05) is 0 Å². The van der Waals surface area contributed by atoms with Crippen LogP contribution in [0.1, 0.15) is 37.8 Å². The van der Waals surface area contributed by atoms with Gasteiger partial charge in [0.2, 0.25) is 0 Å². The minimum atomic E-state index is -4.09. The summed E-state index contributed by atoms with van der Waals surface area (Å²) in [4.78, 5) is 12.1. The van der Waals surface area contributed by atoms with Crippen LogP contribution >= 0.6 is 11.3 Å². The number of hydrogen-bond donors (Lipinski definition) is 3. The monoisotopic (exact) mass is 461 g/mol. The van der Waals surface area contributed by atoms with Crippen LogP contribution in [0.3, 0.4) is 0 Å². The average Bonchev–Trinajstić information content (AvgIpc) is 3.13. The average molecular weight is 462 g/mol. The summed E-state index contributed by atoms with van der Waals surface area (Å²) in [6.07, 6.45) is 3.14. The Morgan fingerprint density at radius 2 is 1.90 bits per heavy atom. The van der Waals surface area contributed by atoms with Gasteiger partial charge in [-0.1, -0.05) is 37.3 Å². The number of carboxylic acid groups (broad SMARTS) is 1. The van der Waals surface area contributed by atoms with Crippen LogP contribution in [-0.4, -0.2) is 39.9 Å². The van der Waals surface area contributed by atoms with Crippen molar-refractivity contribution in [3.63, 3.8) is 0 Å². The summed E-state index contributed by atoms with van der Waals surface area (Å²) in [5, 5.41) is 24.7. The third kappa shape index (κ3) is 3.69. The van der Waals surface area contributed by atoms with E-state index in [4.69, 9.17) is 0 Å². The van der Waals surface area contributed by atoms with Gasteiger partial charge in [-0.25, -0.2) is 13.1 Å². The largest absolute Gasteiger partial charge is 0.480 e. The molecule has 3 aromatic rings. The maximum Gasteiger partial charge on any atom is 0.325 e. The van der Waals surface area contributed by atoms with Crippen LogP contribution in [0.5, 0.6) is 0 Å². The zero-order valence-electron chi connectivity index (χ0n) is 17.2. The van der Waals surface area contributed by atoms with Gasteiger partial charge in [0.25, 0.3) is 10.0 Å². The van der Waals surface area contributed by atoms with Crippen LogP contribution in [0, 0.1) is 5.92 Å². The number of aliphatic carboxylic acids is 1. The second-order valence-corrected chi connectivity index (χ2v) is 11.3. The van der Waals surface area contributed by atoms with Gasteiger partial charge in [0.15, 0.2) is 0 Å². The molecule has 0 bridgehead atoms. The molecule has 0 saturated heterocycles. The molecule has 1 fully saturated rings. The molecule has 3 atom stereocenters.